The fourth-order valence-corrected chi connectivity index (χ4v) is 5.47. The third-order valence-corrected chi connectivity index (χ3v) is 7.25. The molecule has 178 valence electrons. The standard InChI is InChI=1S/C25H19IN2O5S2/c1-15-6-8-16(9-7-15)14-33-23-20(26)10-17(11-21(23)32-2)12-22-24(29)27(25(34)35-22)18-4-3-5-19(13-18)28(30)31/h3-13H,14H2,1-2H3/b22-12+. The molecule has 4 rings (SSSR count). The second-order valence-electron chi connectivity index (χ2n) is 7.60. The summed E-state index contributed by atoms with van der Waals surface area (Å²) in [6, 6.07) is 17.7. The van der Waals surface area contributed by atoms with E-state index in [2.05, 4.69) is 22.6 Å². The van der Waals surface area contributed by atoms with Crippen molar-refractivity contribution in [2.24, 2.45) is 0 Å². The van der Waals surface area contributed by atoms with Crippen molar-refractivity contribution in [1.82, 2.24) is 0 Å². The predicted molar refractivity (Wildman–Crippen MR) is 150 cm³/mol. The number of halogens is 1. The Kier molecular flexibility index (Phi) is 7.72. The van der Waals surface area contributed by atoms with Crippen molar-refractivity contribution >= 4 is 74.2 Å². The molecule has 0 radical (unpaired) electrons. The molecule has 10 heteroatoms. The molecule has 1 aliphatic rings. The number of anilines is 1. The van der Waals surface area contributed by atoms with Gasteiger partial charge in [-0.1, -0.05) is 59.9 Å². The van der Waals surface area contributed by atoms with Crippen LogP contribution in [-0.4, -0.2) is 22.3 Å². The lowest BCUT2D eigenvalue weighted by Crippen LogP contribution is -2.27. The van der Waals surface area contributed by atoms with Crippen molar-refractivity contribution in [1.29, 1.82) is 0 Å². The van der Waals surface area contributed by atoms with Crippen LogP contribution in [0.1, 0.15) is 16.7 Å². The highest BCUT2D eigenvalue weighted by molar-refractivity contribution is 14.1. The zero-order valence-electron chi connectivity index (χ0n) is 18.7. The van der Waals surface area contributed by atoms with Gasteiger partial charge in [0.15, 0.2) is 15.8 Å². The van der Waals surface area contributed by atoms with Crippen molar-refractivity contribution in [2.75, 3.05) is 12.0 Å². The van der Waals surface area contributed by atoms with Crippen molar-refractivity contribution in [2.45, 2.75) is 13.5 Å². The van der Waals surface area contributed by atoms with Gasteiger partial charge in [-0.05, 0) is 64.9 Å². The van der Waals surface area contributed by atoms with Crippen LogP contribution in [0, 0.1) is 20.6 Å². The van der Waals surface area contributed by atoms with Crippen molar-refractivity contribution in [3.05, 3.63) is 95.9 Å². The van der Waals surface area contributed by atoms with E-state index >= 15 is 0 Å². The molecule has 0 N–H and O–H groups in total. The Labute approximate surface area is 225 Å². The summed E-state index contributed by atoms with van der Waals surface area (Å²) < 4.78 is 12.7. The summed E-state index contributed by atoms with van der Waals surface area (Å²) >= 11 is 8.72. The first-order valence-electron chi connectivity index (χ1n) is 10.3. The largest absolute Gasteiger partial charge is 0.493 e. The molecular formula is C25H19IN2O5S2. The van der Waals surface area contributed by atoms with E-state index < -0.39 is 4.92 Å². The SMILES string of the molecule is COc1cc(/C=C2/SC(=S)N(c3cccc([N+](=O)[O-])c3)C2=O)cc(I)c1OCc1ccc(C)cc1. The van der Waals surface area contributed by atoms with E-state index in [0.29, 0.717) is 33.0 Å². The summed E-state index contributed by atoms with van der Waals surface area (Å²) in [7, 11) is 1.57. The topological polar surface area (TPSA) is 81.9 Å². The van der Waals surface area contributed by atoms with Gasteiger partial charge in [0, 0.05) is 12.1 Å². The van der Waals surface area contributed by atoms with Crippen LogP contribution in [0.5, 0.6) is 11.5 Å². The van der Waals surface area contributed by atoms with E-state index in [4.69, 9.17) is 21.7 Å². The Morgan fingerprint density at radius 2 is 1.91 bits per heavy atom. The monoisotopic (exact) mass is 618 g/mol. The number of nitro groups is 1. The molecule has 0 spiro atoms. The number of carbonyl (C=O) groups is 1. The lowest BCUT2D eigenvalue weighted by molar-refractivity contribution is -0.384. The van der Waals surface area contributed by atoms with E-state index in [0.717, 1.165) is 26.5 Å². The van der Waals surface area contributed by atoms with Gasteiger partial charge in [0.05, 0.1) is 26.2 Å². The molecule has 0 aliphatic carbocycles. The zero-order valence-corrected chi connectivity index (χ0v) is 22.5. The highest BCUT2D eigenvalue weighted by Crippen LogP contribution is 2.39. The molecule has 0 saturated carbocycles. The summed E-state index contributed by atoms with van der Waals surface area (Å²) in [5.74, 6) is 0.827. The minimum absolute atomic E-state index is 0.110. The van der Waals surface area contributed by atoms with Gasteiger partial charge in [-0.15, -0.1) is 0 Å². The Morgan fingerprint density at radius 1 is 1.17 bits per heavy atom. The number of benzene rings is 3. The minimum Gasteiger partial charge on any atom is -0.493 e. The first kappa shape index (κ1) is 25.1. The lowest BCUT2D eigenvalue weighted by Gasteiger charge is -2.14. The molecule has 1 aliphatic heterocycles. The first-order chi connectivity index (χ1) is 16.8. The van der Waals surface area contributed by atoms with Crippen LogP contribution >= 0.6 is 46.6 Å². The van der Waals surface area contributed by atoms with Crippen LogP contribution in [0.15, 0.2) is 65.6 Å². The first-order valence-corrected chi connectivity index (χ1v) is 12.7. The maximum atomic E-state index is 13.1. The summed E-state index contributed by atoms with van der Waals surface area (Å²) in [5, 5.41) is 11.1. The van der Waals surface area contributed by atoms with E-state index in [1.807, 2.05) is 37.3 Å². The zero-order chi connectivity index (χ0) is 25.1. The molecule has 1 heterocycles. The van der Waals surface area contributed by atoms with Gasteiger partial charge in [-0.3, -0.25) is 19.8 Å². The number of thioether (sulfide) groups is 1. The molecule has 7 nitrogen and oxygen atoms in total. The summed E-state index contributed by atoms with van der Waals surface area (Å²) in [6.45, 7) is 2.43. The number of hydrogen-bond donors (Lipinski definition) is 0. The Balaban J connectivity index is 1.58. The van der Waals surface area contributed by atoms with E-state index in [9.17, 15) is 14.9 Å². The number of hydrogen-bond acceptors (Lipinski definition) is 7. The van der Waals surface area contributed by atoms with Gasteiger partial charge in [0.25, 0.3) is 11.6 Å². The van der Waals surface area contributed by atoms with Crippen LogP contribution in [0.3, 0.4) is 0 Å². The highest BCUT2D eigenvalue weighted by atomic mass is 127. The maximum absolute atomic E-state index is 13.1. The van der Waals surface area contributed by atoms with Crippen LogP contribution in [0.4, 0.5) is 11.4 Å². The second kappa shape index (κ2) is 10.8. The number of non-ortho nitro benzene ring substituents is 1. The Morgan fingerprint density at radius 3 is 2.60 bits per heavy atom. The number of nitrogens with zero attached hydrogens (tertiary/aromatic N) is 2. The van der Waals surface area contributed by atoms with Crippen LogP contribution in [-0.2, 0) is 11.4 Å². The van der Waals surface area contributed by atoms with Crippen LogP contribution in [0.2, 0.25) is 0 Å². The number of nitro benzene ring substituents is 1. The van der Waals surface area contributed by atoms with E-state index in [1.54, 1.807) is 25.3 Å². The normalized spacial score (nSPS) is 14.5. The highest BCUT2D eigenvalue weighted by Gasteiger charge is 2.34. The number of aryl methyl sites for hydroxylation is 1. The fraction of sp³-hybridized carbons (Fsp3) is 0.120. The van der Waals surface area contributed by atoms with Gasteiger partial charge in [0.1, 0.15) is 6.61 Å². The van der Waals surface area contributed by atoms with Gasteiger partial charge >= 0.3 is 0 Å². The molecular weight excluding hydrogens is 599 g/mol. The molecule has 0 unspecified atom stereocenters. The number of rotatable bonds is 7. The third-order valence-electron chi connectivity index (χ3n) is 5.15. The predicted octanol–water partition coefficient (Wildman–Crippen LogP) is 6.50. The molecule has 1 amide bonds. The number of methoxy groups -OCH3 is 1. The Hall–Kier alpha value is -2.96. The molecule has 3 aromatic rings. The summed E-state index contributed by atoms with van der Waals surface area (Å²) in [6.07, 6.45) is 1.73. The maximum Gasteiger partial charge on any atom is 0.271 e. The number of thiocarbonyl (C=S) groups is 1. The van der Waals surface area contributed by atoms with Crippen molar-refractivity contribution in [3.63, 3.8) is 0 Å². The minimum atomic E-state index is -0.506. The molecule has 0 atom stereocenters. The van der Waals surface area contributed by atoms with Crippen LogP contribution in [0.25, 0.3) is 6.08 Å². The fourth-order valence-electron chi connectivity index (χ4n) is 3.39. The quantitative estimate of drug-likeness (QED) is 0.0983. The Bertz CT molecular complexity index is 1360. The average molecular weight is 618 g/mol. The van der Waals surface area contributed by atoms with E-state index in [-0.39, 0.29) is 11.6 Å². The number of ether oxygens (including phenoxy) is 2. The van der Waals surface area contributed by atoms with Crippen LogP contribution < -0.4 is 14.4 Å². The summed E-state index contributed by atoms with van der Waals surface area (Å²) in [4.78, 5) is 25.4. The number of carbonyl (C=O) groups excluding carboxylic acids is 1. The molecule has 35 heavy (non-hydrogen) atoms. The molecule has 0 bridgehead atoms. The van der Waals surface area contributed by atoms with E-state index in [1.165, 1.54) is 28.7 Å². The molecule has 1 fully saturated rings. The van der Waals surface area contributed by atoms with Gasteiger partial charge < -0.3 is 9.47 Å². The smallest absolute Gasteiger partial charge is 0.271 e. The number of amides is 1. The molecule has 1 saturated heterocycles. The van der Waals surface area contributed by atoms with Crippen molar-refractivity contribution < 1.29 is 19.2 Å². The third kappa shape index (κ3) is 5.65. The second-order valence-corrected chi connectivity index (χ2v) is 10.4. The molecule has 3 aromatic carbocycles. The van der Waals surface area contributed by atoms with Crippen molar-refractivity contribution in [3.8, 4) is 11.5 Å². The summed E-state index contributed by atoms with van der Waals surface area (Å²) in [5.41, 5.74) is 3.22. The molecule has 0 aromatic heterocycles. The van der Waals surface area contributed by atoms with Gasteiger partial charge in [-0.25, -0.2) is 0 Å². The lowest BCUT2D eigenvalue weighted by atomic mass is 10.1. The van der Waals surface area contributed by atoms with Gasteiger partial charge in [0.2, 0.25) is 0 Å². The van der Waals surface area contributed by atoms with Gasteiger partial charge in [-0.2, -0.15) is 0 Å². The average Bonchev–Trinajstić information content (AvgIpc) is 3.11.